The predicted molar refractivity (Wildman–Crippen MR) is 150 cm³/mol. The summed E-state index contributed by atoms with van der Waals surface area (Å²) in [7, 11) is 0. The minimum atomic E-state index is 0.977. The van der Waals surface area contributed by atoms with Gasteiger partial charge in [-0.15, -0.1) is 48.8 Å². The van der Waals surface area contributed by atoms with Gasteiger partial charge in [-0.25, -0.2) is 0 Å². The molecule has 0 spiro atoms. The first kappa shape index (κ1) is 23.5. The third-order valence-electron chi connectivity index (χ3n) is 3.90. The normalized spacial score (nSPS) is 16.9. The van der Waals surface area contributed by atoms with E-state index < -0.39 is 0 Å². The van der Waals surface area contributed by atoms with Crippen LogP contribution in [0.4, 0.5) is 0 Å². The lowest BCUT2D eigenvalue weighted by molar-refractivity contribution is 1.05. The maximum atomic E-state index is 4.53. The molecule has 0 unspecified atom stereocenters. The molecule has 0 fully saturated rings. The summed E-state index contributed by atoms with van der Waals surface area (Å²) in [4.78, 5) is 8.90. The fourth-order valence-corrected chi connectivity index (χ4v) is 11.9. The first-order valence-electron chi connectivity index (χ1n) is 9.06. The predicted octanol–water partition coefficient (Wildman–Crippen LogP) is 7.93. The van der Waals surface area contributed by atoms with E-state index in [-0.39, 0.29) is 0 Å². The lowest BCUT2D eigenvalue weighted by atomic mass is 10.3. The topological polar surface area (TPSA) is 25.8 Å². The maximum Gasteiger partial charge on any atom is 0.0717 e. The van der Waals surface area contributed by atoms with E-state index in [1.807, 2.05) is 71.6 Å². The van der Waals surface area contributed by atoms with Crippen LogP contribution in [0.1, 0.15) is 11.4 Å². The van der Waals surface area contributed by atoms with Crippen molar-refractivity contribution < 1.29 is 0 Å². The van der Waals surface area contributed by atoms with Crippen LogP contribution in [0.5, 0.6) is 0 Å². The van der Waals surface area contributed by atoms with Crippen molar-refractivity contribution in [2.45, 2.75) is 12.8 Å². The van der Waals surface area contributed by atoms with Crippen molar-refractivity contribution in [3.8, 4) is 0 Å². The molecular formula is C20H18N2S8. The molecule has 2 nitrogen and oxygen atoms in total. The second kappa shape index (κ2) is 12.0. The molecule has 0 saturated heterocycles. The van der Waals surface area contributed by atoms with Gasteiger partial charge < -0.3 is 0 Å². The average molecular weight is 543 g/mol. The van der Waals surface area contributed by atoms with Gasteiger partial charge in [-0.3, -0.25) is 9.97 Å². The van der Waals surface area contributed by atoms with E-state index in [0.717, 1.165) is 44.2 Å². The Hall–Kier alpha value is 0.320. The first-order valence-corrected chi connectivity index (χ1v) is 15.2. The average Bonchev–Trinajstić information content (AvgIpc) is 3.33. The Morgan fingerprint density at radius 1 is 0.667 bits per heavy atom. The Balaban J connectivity index is 1.40. The van der Waals surface area contributed by atoms with E-state index >= 15 is 0 Å². The van der Waals surface area contributed by atoms with Crippen LogP contribution in [0.2, 0.25) is 0 Å². The largest absolute Gasteiger partial charge is 0.261 e. The third kappa shape index (κ3) is 6.66. The van der Waals surface area contributed by atoms with E-state index in [1.165, 1.54) is 16.9 Å². The summed E-state index contributed by atoms with van der Waals surface area (Å²) in [6.07, 6.45) is 5.69. The van der Waals surface area contributed by atoms with Crippen LogP contribution in [0.3, 0.4) is 0 Å². The summed E-state index contributed by atoms with van der Waals surface area (Å²) >= 11 is 20.2. The molecule has 156 valence electrons. The zero-order valence-electron chi connectivity index (χ0n) is 15.7. The van der Waals surface area contributed by atoms with E-state index in [2.05, 4.69) is 59.5 Å². The summed E-state index contributed by atoms with van der Waals surface area (Å²) in [6.45, 7) is 0. The lowest BCUT2D eigenvalue weighted by Gasteiger charge is -2.05. The van der Waals surface area contributed by atoms with Crippen LogP contribution in [0, 0.1) is 0 Å². The fourth-order valence-electron chi connectivity index (χ4n) is 2.49. The molecular weight excluding hydrogens is 525 g/mol. The zero-order chi connectivity index (χ0) is 20.8. The van der Waals surface area contributed by atoms with Gasteiger partial charge in [0.2, 0.25) is 0 Å². The highest BCUT2D eigenvalue weighted by Crippen LogP contribution is 2.64. The van der Waals surface area contributed by atoms with Crippen molar-refractivity contribution in [1.29, 1.82) is 0 Å². The number of aryl methyl sites for hydroxylation is 2. The second-order valence-corrected chi connectivity index (χ2v) is 14.8. The Bertz CT molecular complexity index is 897. The SMILES string of the molecule is SC1=C(S)SC(=C2SC(SCCc3ccccn3)=C(SCCc3ccccn3)S2)S1. The van der Waals surface area contributed by atoms with Gasteiger partial charge >= 0.3 is 0 Å². The van der Waals surface area contributed by atoms with Gasteiger partial charge in [0, 0.05) is 35.3 Å². The van der Waals surface area contributed by atoms with Crippen LogP contribution in [0.15, 0.2) is 74.2 Å². The van der Waals surface area contributed by atoms with Crippen LogP contribution < -0.4 is 0 Å². The summed E-state index contributed by atoms with van der Waals surface area (Å²) in [6, 6.07) is 12.2. The molecule has 0 aromatic carbocycles. The first-order chi connectivity index (χ1) is 14.7. The molecule has 0 atom stereocenters. The number of aromatic nitrogens is 2. The summed E-state index contributed by atoms with van der Waals surface area (Å²) < 4.78 is 7.43. The van der Waals surface area contributed by atoms with Crippen molar-refractivity contribution in [2.75, 3.05) is 11.5 Å². The highest BCUT2D eigenvalue weighted by Gasteiger charge is 2.28. The molecule has 2 aromatic rings. The Labute approximate surface area is 214 Å². The van der Waals surface area contributed by atoms with Gasteiger partial charge in [0.15, 0.2) is 0 Å². The Morgan fingerprint density at radius 2 is 1.13 bits per heavy atom. The lowest BCUT2D eigenvalue weighted by Crippen LogP contribution is -1.92. The van der Waals surface area contributed by atoms with Crippen molar-refractivity contribution in [2.24, 2.45) is 0 Å². The maximum absolute atomic E-state index is 4.53. The van der Waals surface area contributed by atoms with Crippen LogP contribution in [-0.2, 0) is 12.8 Å². The molecule has 0 radical (unpaired) electrons. The minimum Gasteiger partial charge on any atom is -0.261 e. The molecule has 0 amide bonds. The number of nitrogens with zero attached hydrogens (tertiary/aromatic N) is 2. The number of hydrogen-bond acceptors (Lipinski definition) is 10. The molecule has 2 aliphatic heterocycles. The van der Waals surface area contributed by atoms with Gasteiger partial charge in [0.05, 0.1) is 25.4 Å². The zero-order valence-corrected chi connectivity index (χ0v) is 22.4. The van der Waals surface area contributed by atoms with Gasteiger partial charge in [-0.05, 0) is 37.1 Å². The summed E-state index contributed by atoms with van der Waals surface area (Å²) in [5.41, 5.74) is 2.30. The molecule has 4 rings (SSSR count). The van der Waals surface area contributed by atoms with Gasteiger partial charge in [-0.2, -0.15) is 0 Å². The number of thioether (sulfide) groups is 6. The van der Waals surface area contributed by atoms with E-state index in [4.69, 9.17) is 0 Å². The van der Waals surface area contributed by atoms with Crippen molar-refractivity contribution >= 4 is 95.8 Å². The molecule has 0 bridgehead atoms. The standard InChI is InChI=1S/C20H18N2S8/c23-15-16(24)28-19(27-15)20-29-17(25-11-7-13-5-1-3-9-21-13)18(30-20)26-12-8-14-6-2-4-10-22-14/h1-6,9-10,23-24H,7-8,11-12H2. The Kier molecular flexibility index (Phi) is 9.37. The van der Waals surface area contributed by atoms with Crippen LogP contribution in [-0.4, -0.2) is 21.5 Å². The van der Waals surface area contributed by atoms with E-state index in [9.17, 15) is 0 Å². The second-order valence-electron chi connectivity index (χ2n) is 6.01. The molecule has 2 aromatic heterocycles. The molecule has 10 heteroatoms. The number of pyridine rings is 2. The van der Waals surface area contributed by atoms with E-state index in [1.54, 1.807) is 23.5 Å². The van der Waals surface area contributed by atoms with Crippen molar-refractivity contribution in [3.05, 3.63) is 85.6 Å². The molecule has 2 aliphatic rings. The monoisotopic (exact) mass is 542 g/mol. The summed E-state index contributed by atoms with van der Waals surface area (Å²) in [5.74, 6) is 2.06. The van der Waals surface area contributed by atoms with Gasteiger partial charge in [0.25, 0.3) is 0 Å². The molecule has 0 saturated carbocycles. The number of thiol groups is 2. The molecule has 30 heavy (non-hydrogen) atoms. The van der Waals surface area contributed by atoms with E-state index in [0.29, 0.717) is 0 Å². The number of rotatable bonds is 8. The quantitative estimate of drug-likeness (QED) is 0.325. The molecule has 4 heterocycles. The highest BCUT2D eigenvalue weighted by molar-refractivity contribution is 8.43. The molecule has 0 N–H and O–H groups in total. The minimum absolute atomic E-state index is 0.977. The smallest absolute Gasteiger partial charge is 0.0717 e. The van der Waals surface area contributed by atoms with Gasteiger partial charge in [0.1, 0.15) is 0 Å². The van der Waals surface area contributed by atoms with Gasteiger partial charge in [-0.1, -0.05) is 59.2 Å². The molecule has 0 aliphatic carbocycles. The number of hydrogen-bond donors (Lipinski definition) is 2. The van der Waals surface area contributed by atoms with Crippen molar-refractivity contribution in [3.63, 3.8) is 0 Å². The Morgan fingerprint density at radius 3 is 1.57 bits per heavy atom. The van der Waals surface area contributed by atoms with Crippen molar-refractivity contribution in [1.82, 2.24) is 9.97 Å². The third-order valence-corrected chi connectivity index (χ3v) is 13.6. The van der Waals surface area contributed by atoms with Crippen LogP contribution in [0.25, 0.3) is 0 Å². The summed E-state index contributed by atoms with van der Waals surface area (Å²) in [5, 5.41) is 0. The highest BCUT2D eigenvalue weighted by atomic mass is 32.3. The fraction of sp³-hybridized carbons (Fsp3) is 0.200. The van der Waals surface area contributed by atoms with Crippen LogP contribution >= 0.6 is 95.8 Å².